The van der Waals surface area contributed by atoms with E-state index in [9.17, 15) is 4.79 Å². The largest absolute Gasteiger partial charge is 0.335 e. The Morgan fingerprint density at radius 3 is 3.00 bits per heavy atom. The monoisotopic (exact) mass is 383 g/mol. The number of likely N-dealkylation sites (tertiary alicyclic amines) is 1. The van der Waals surface area contributed by atoms with Crippen molar-refractivity contribution in [1.29, 1.82) is 0 Å². The Balaban J connectivity index is 1.61. The van der Waals surface area contributed by atoms with Crippen molar-refractivity contribution in [2.75, 3.05) is 39.0 Å². The molecule has 152 valence electrons. The predicted octanol–water partition coefficient (Wildman–Crippen LogP) is 3.81. The fraction of sp³-hybridized carbons (Fsp3) is 0.545. The van der Waals surface area contributed by atoms with Crippen molar-refractivity contribution in [3.63, 3.8) is 0 Å². The maximum absolute atomic E-state index is 12.8. The number of nitrogens with one attached hydrogen (secondary N) is 1. The van der Waals surface area contributed by atoms with Gasteiger partial charge < -0.3 is 19.7 Å². The molecule has 0 unspecified atom stereocenters. The molecule has 0 aliphatic carbocycles. The van der Waals surface area contributed by atoms with Crippen LogP contribution in [0.15, 0.2) is 36.7 Å². The van der Waals surface area contributed by atoms with E-state index in [4.69, 9.17) is 0 Å². The van der Waals surface area contributed by atoms with Crippen LogP contribution in [0.3, 0.4) is 0 Å². The van der Waals surface area contributed by atoms with E-state index in [2.05, 4.69) is 59.1 Å². The minimum absolute atomic E-state index is 0.0105. The molecule has 1 aromatic carbocycles. The Kier molecular flexibility index (Phi) is 7.09. The lowest BCUT2D eigenvalue weighted by Gasteiger charge is -2.32. The lowest BCUT2D eigenvalue weighted by Crippen LogP contribution is -2.42. The summed E-state index contributed by atoms with van der Waals surface area (Å²) in [6, 6.07) is 8.08. The van der Waals surface area contributed by atoms with E-state index in [1.807, 2.05) is 23.2 Å². The van der Waals surface area contributed by atoms with E-state index >= 15 is 0 Å². The van der Waals surface area contributed by atoms with Crippen LogP contribution >= 0.6 is 0 Å². The van der Waals surface area contributed by atoms with E-state index in [0.29, 0.717) is 5.92 Å². The molecule has 28 heavy (non-hydrogen) atoms. The molecule has 1 N–H and O–H groups in total. The fourth-order valence-electron chi connectivity index (χ4n) is 3.87. The lowest BCUT2D eigenvalue weighted by atomic mass is 9.97. The zero-order valence-corrected chi connectivity index (χ0v) is 17.4. The number of hydrogen-bond acceptors (Lipinski definition) is 3. The van der Waals surface area contributed by atoms with Gasteiger partial charge >= 0.3 is 6.03 Å². The van der Waals surface area contributed by atoms with Crippen LogP contribution in [0.5, 0.6) is 0 Å². The highest BCUT2D eigenvalue weighted by molar-refractivity contribution is 5.89. The predicted molar refractivity (Wildman–Crippen MR) is 114 cm³/mol. The number of nitrogens with zero attached hydrogens (tertiary/aromatic N) is 4. The standard InChI is InChI=1S/C22H33N5O/c1-4-18-8-5-10-20(16-18)24-22(28)27-13-6-9-19(17-27)21-23-11-15-26(21)14-7-12-25(2)3/h5,8,10-11,15-16,19H,4,6-7,9,12-14,17H2,1-3H3,(H,24,28)/t19-/m0/s1. The van der Waals surface area contributed by atoms with E-state index in [1.54, 1.807) is 0 Å². The molecule has 1 aliphatic heterocycles. The molecule has 2 amide bonds. The first-order valence-electron chi connectivity index (χ1n) is 10.4. The molecular weight excluding hydrogens is 350 g/mol. The van der Waals surface area contributed by atoms with Gasteiger partial charge in [0.05, 0.1) is 0 Å². The quantitative estimate of drug-likeness (QED) is 0.791. The second-order valence-corrected chi connectivity index (χ2v) is 7.90. The molecule has 1 aliphatic rings. The van der Waals surface area contributed by atoms with Crippen molar-refractivity contribution >= 4 is 11.7 Å². The van der Waals surface area contributed by atoms with Crippen LogP contribution in [-0.2, 0) is 13.0 Å². The number of aryl methyl sites for hydroxylation is 2. The van der Waals surface area contributed by atoms with Gasteiger partial charge in [-0.1, -0.05) is 19.1 Å². The van der Waals surface area contributed by atoms with E-state index < -0.39 is 0 Å². The summed E-state index contributed by atoms with van der Waals surface area (Å²) in [7, 11) is 4.20. The van der Waals surface area contributed by atoms with Crippen molar-refractivity contribution in [2.45, 2.75) is 45.1 Å². The third-order valence-corrected chi connectivity index (χ3v) is 5.41. The van der Waals surface area contributed by atoms with Crippen molar-refractivity contribution in [1.82, 2.24) is 19.4 Å². The molecule has 0 spiro atoms. The topological polar surface area (TPSA) is 53.4 Å². The average Bonchev–Trinajstić information content (AvgIpc) is 3.16. The number of urea groups is 1. The van der Waals surface area contributed by atoms with Gasteiger partial charge in [0.15, 0.2) is 0 Å². The first-order valence-corrected chi connectivity index (χ1v) is 10.4. The number of imidazole rings is 1. The van der Waals surface area contributed by atoms with Crippen molar-refractivity contribution in [2.24, 2.45) is 0 Å². The summed E-state index contributed by atoms with van der Waals surface area (Å²) in [4.78, 5) is 21.6. The maximum Gasteiger partial charge on any atom is 0.321 e. The molecular formula is C22H33N5O. The second kappa shape index (κ2) is 9.73. The zero-order chi connectivity index (χ0) is 19.9. The molecule has 1 atom stereocenters. The summed E-state index contributed by atoms with van der Waals surface area (Å²) < 4.78 is 2.26. The van der Waals surface area contributed by atoms with Gasteiger partial charge in [-0.2, -0.15) is 0 Å². The molecule has 0 bridgehead atoms. The molecule has 2 heterocycles. The number of aromatic nitrogens is 2. The van der Waals surface area contributed by atoms with Gasteiger partial charge in [0, 0.05) is 43.6 Å². The number of piperidine rings is 1. The summed E-state index contributed by atoms with van der Waals surface area (Å²) in [5.41, 5.74) is 2.10. The number of anilines is 1. The highest BCUT2D eigenvalue weighted by atomic mass is 16.2. The first kappa shape index (κ1) is 20.4. The Labute approximate surface area is 168 Å². The summed E-state index contributed by atoms with van der Waals surface area (Å²) in [6.45, 7) is 5.69. The number of benzene rings is 1. The van der Waals surface area contributed by atoms with Crippen molar-refractivity contribution in [3.8, 4) is 0 Å². The van der Waals surface area contributed by atoms with Crippen LogP contribution in [0.1, 0.15) is 43.5 Å². The third-order valence-electron chi connectivity index (χ3n) is 5.41. The summed E-state index contributed by atoms with van der Waals surface area (Å²) >= 11 is 0. The van der Waals surface area contributed by atoms with Crippen LogP contribution in [-0.4, -0.2) is 59.1 Å². The van der Waals surface area contributed by atoms with Crippen LogP contribution in [0.25, 0.3) is 0 Å². The molecule has 3 rings (SSSR count). The van der Waals surface area contributed by atoms with Gasteiger partial charge in [-0.25, -0.2) is 9.78 Å². The highest BCUT2D eigenvalue weighted by Crippen LogP contribution is 2.26. The van der Waals surface area contributed by atoms with Crippen molar-refractivity contribution in [3.05, 3.63) is 48.0 Å². The summed E-state index contributed by atoms with van der Waals surface area (Å²) in [5.74, 6) is 1.42. The lowest BCUT2D eigenvalue weighted by molar-refractivity contribution is 0.190. The van der Waals surface area contributed by atoms with Crippen LogP contribution in [0.4, 0.5) is 10.5 Å². The number of rotatable bonds is 7. The highest BCUT2D eigenvalue weighted by Gasteiger charge is 2.27. The summed E-state index contributed by atoms with van der Waals surface area (Å²) in [6.07, 6.45) is 8.12. The van der Waals surface area contributed by atoms with E-state index in [-0.39, 0.29) is 6.03 Å². The molecule has 6 heteroatoms. The number of carbonyl (C=O) groups excluding carboxylic acids is 1. The smallest absolute Gasteiger partial charge is 0.321 e. The second-order valence-electron chi connectivity index (χ2n) is 7.90. The Hall–Kier alpha value is -2.34. The van der Waals surface area contributed by atoms with Gasteiger partial charge in [0.2, 0.25) is 0 Å². The van der Waals surface area contributed by atoms with Gasteiger partial charge in [-0.3, -0.25) is 0 Å². The van der Waals surface area contributed by atoms with Crippen LogP contribution < -0.4 is 5.32 Å². The molecule has 1 aromatic heterocycles. The normalized spacial score (nSPS) is 17.1. The molecule has 1 saturated heterocycles. The molecule has 1 fully saturated rings. The molecule has 2 aromatic rings. The maximum atomic E-state index is 12.8. The van der Waals surface area contributed by atoms with Crippen LogP contribution in [0, 0.1) is 0 Å². The Morgan fingerprint density at radius 2 is 2.21 bits per heavy atom. The number of hydrogen-bond donors (Lipinski definition) is 1. The Bertz CT molecular complexity index is 770. The van der Waals surface area contributed by atoms with Gasteiger partial charge in [0.25, 0.3) is 0 Å². The minimum atomic E-state index is -0.0105. The zero-order valence-electron chi connectivity index (χ0n) is 17.4. The van der Waals surface area contributed by atoms with Crippen molar-refractivity contribution < 1.29 is 4.79 Å². The average molecular weight is 384 g/mol. The van der Waals surface area contributed by atoms with Gasteiger partial charge in [0.1, 0.15) is 5.82 Å². The van der Waals surface area contributed by atoms with E-state index in [1.165, 1.54) is 5.56 Å². The van der Waals surface area contributed by atoms with Gasteiger partial charge in [-0.05, 0) is 64.0 Å². The molecule has 0 radical (unpaired) electrons. The molecule has 0 saturated carbocycles. The minimum Gasteiger partial charge on any atom is -0.335 e. The molecule has 6 nitrogen and oxygen atoms in total. The Morgan fingerprint density at radius 1 is 1.36 bits per heavy atom. The first-order chi connectivity index (χ1) is 13.6. The summed E-state index contributed by atoms with van der Waals surface area (Å²) in [5, 5.41) is 3.07. The third kappa shape index (κ3) is 5.35. The SMILES string of the molecule is CCc1cccc(NC(=O)N2CCC[C@H](c3nccn3CCCN(C)C)C2)c1. The number of carbonyl (C=O) groups is 1. The van der Waals surface area contributed by atoms with E-state index in [0.717, 1.165) is 63.4 Å². The number of amides is 2. The fourth-order valence-corrected chi connectivity index (χ4v) is 3.87. The van der Waals surface area contributed by atoms with Crippen LogP contribution in [0.2, 0.25) is 0 Å². The van der Waals surface area contributed by atoms with Gasteiger partial charge in [-0.15, -0.1) is 0 Å².